The molecule has 6 heteroatoms. The standard InChI is InChI=1S/C20H17ClN2O3/c21-16-10-13(11-17-19(16)26-9-3-8-25-17)12-23-20(24)15-6-1-4-14-5-2-7-22-18(14)15/h1-2,4-7,10-11H,3,8-9,12H2,(H,23,24). The highest BCUT2D eigenvalue weighted by Gasteiger charge is 2.16. The van der Waals surface area contributed by atoms with Gasteiger partial charge in [0.15, 0.2) is 11.5 Å². The smallest absolute Gasteiger partial charge is 0.253 e. The molecule has 0 radical (unpaired) electrons. The minimum absolute atomic E-state index is 0.183. The van der Waals surface area contributed by atoms with Crippen LogP contribution in [0.25, 0.3) is 10.9 Å². The predicted molar refractivity (Wildman–Crippen MR) is 100.0 cm³/mol. The number of aromatic nitrogens is 1. The van der Waals surface area contributed by atoms with Gasteiger partial charge in [0.1, 0.15) is 0 Å². The SMILES string of the molecule is O=C(NCc1cc(Cl)c2c(c1)OCCCO2)c1cccc2cccnc12. The Labute approximate surface area is 155 Å². The number of ether oxygens (including phenoxy) is 2. The second-order valence-electron chi connectivity index (χ2n) is 6.02. The molecule has 2 aromatic carbocycles. The number of para-hydroxylation sites is 1. The van der Waals surface area contributed by atoms with Crippen LogP contribution in [0.2, 0.25) is 5.02 Å². The van der Waals surface area contributed by atoms with E-state index in [4.69, 9.17) is 21.1 Å². The Morgan fingerprint density at radius 1 is 1.15 bits per heavy atom. The highest BCUT2D eigenvalue weighted by atomic mass is 35.5. The molecule has 1 aliphatic heterocycles. The summed E-state index contributed by atoms with van der Waals surface area (Å²) in [6, 6.07) is 13.0. The summed E-state index contributed by atoms with van der Waals surface area (Å²) in [5.41, 5.74) is 2.08. The molecule has 0 aliphatic carbocycles. The van der Waals surface area contributed by atoms with E-state index in [9.17, 15) is 4.79 Å². The van der Waals surface area contributed by atoms with Crippen molar-refractivity contribution in [2.24, 2.45) is 0 Å². The number of carbonyl (C=O) groups is 1. The first kappa shape index (κ1) is 16.7. The van der Waals surface area contributed by atoms with Gasteiger partial charge in [0.2, 0.25) is 0 Å². The second-order valence-corrected chi connectivity index (χ2v) is 6.43. The van der Waals surface area contributed by atoms with Crippen LogP contribution >= 0.6 is 11.6 Å². The van der Waals surface area contributed by atoms with Crippen LogP contribution in [0.1, 0.15) is 22.3 Å². The van der Waals surface area contributed by atoms with Crippen LogP contribution in [-0.2, 0) is 6.54 Å². The molecule has 0 unspecified atom stereocenters. The van der Waals surface area contributed by atoms with Gasteiger partial charge in [-0.2, -0.15) is 0 Å². The van der Waals surface area contributed by atoms with E-state index in [2.05, 4.69) is 10.3 Å². The molecule has 0 fully saturated rings. The molecule has 1 aliphatic rings. The van der Waals surface area contributed by atoms with E-state index < -0.39 is 0 Å². The zero-order valence-electron chi connectivity index (χ0n) is 14.0. The number of nitrogens with zero attached hydrogens (tertiary/aromatic N) is 1. The van der Waals surface area contributed by atoms with Gasteiger partial charge < -0.3 is 14.8 Å². The number of rotatable bonds is 3. The van der Waals surface area contributed by atoms with Gasteiger partial charge >= 0.3 is 0 Å². The number of carbonyl (C=O) groups excluding carboxylic acids is 1. The normalized spacial score (nSPS) is 13.3. The van der Waals surface area contributed by atoms with Crippen molar-refractivity contribution < 1.29 is 14.3 Å². The van der Waals surface area contributed by atoms with Gasteiger partial charge in [0, 0.05) is 24.5 Å². The second kappa shape index (κ2) is 7.22. The number of hydrogen-bond acceptors (Lipinski definition) is 4. The van der Waals surface area contributed by atoms with E-state index in [1.165, 1.54) is 0 Å². The van der Waals surface area contributed by atoms with Crippen LogP contribution in [0.3, 0.4) is 0 Å². The van der Waals surface area contributed by atoms with E-state index in [-0.39, 0.29) is 5.91 Å². The number of amides is 1. The topological polar surface area (TPSA) is 60.5 Å². The average molecular weight is 369 g/mol. The summed E-state index contributed by atoms with van der Waals surface area (Å²) in [4.78, 5) is 16.9. The molecule has 5 nitrogen and oxygen atoms in total. The quantitative estimate of drug-likeness (QED) is 0.759. The van der Waals surface area contributed by atoms with Crippen LogP contribution in [0.5, 0.6) is 11.5 Å². The third-order valence-electron chi connectivity index (χ3n) is 4.19. The summed E-state index contributed by atoms with van der Waals surface area (Å²) < 4.78 is 11.3. The van der Waals surface area contributed by atoms with Crippen LogP contribution in [-0.4, -0.2) is 24.1 Å². The van der Waals surface area contributed by atoms with Gasteiger partial charge in [-0.05, 0) is 29.8 Å². The summed E-state index contributed by atoms with van der Waals surface area (Å²) in [7, 11) is 0. The number of fused-ring (bicyclic) bond motifs is 2. The molecule has 0 spiro atoms. The van der Waals surface area contributed by atoms with Crippen molar-refractivity contribution in [3.05, 3.63) is 64.8 Å². The lowest BCUT2D eigenvalue weighted by Gasteiger charge is -2.12. The lowest BCUT2D eigenvalue weighted by molar-refractivity contribution is 0.0952. The van der Waals surface area contributed by atoms with Gasteiger partial charge in [0.25, 0.3) is 5.91 Å². The van der Waals surface area contributed by atoms with Crippen LogP contribution < -0.4 is 14.8 Å². The van der Waals surface area contributed by atoms with Crippen molar-refractivity contribution in [2.45, 2.75) is 13.0 Å². The van der Waals surface area contributed by atoms with Crippen molar-refractivity contribution in [1.29, 1.82) is 0 Å². The zero-order valence-corrected chi connectivity index (χ0v) is 14.8. The lowest BCUT2D eigenvalue weighted by Crippen LogP contribution is -2.23. The minimum atomic E-state index is -0.183. The van der Waals surface area contributed by atoms with Crippen LogP contribution in [0.15, 0.2) is 48.7 Å². The summed E-state index contributed by atoms with van der Waals surface area (Å²) >= 11 is 6.30. The maximum absolute atomic E-state index is 12.6. The van der Waals surface area contributed by atoms with E-state index in [0.717, 1.165) is 17.4 Å². The summed E-state index contributed by atoms with van der Waals surface area (Å²) in [5, 5.41) is 4.34. The number of hydrogen-bond donors (Lipinski definition) is 1. The van der Waals surface area contributed by atoms with E-state index in [1.807, 2.05) is 30.3 Å². The lowest BCUT2D eigenvalue weighted by atomic mass is 10.1. The summed E-state index contributed by atoms with van der Waals surface area (Å²) in [6.07, 6.45) is 2.49. The molecule has 1 amide bonds. The van der Waals surface area contributed by atoms with Crippen LogP contribution in [0, 0.1) is 0 Å². The fraction of sp³-hybridized carbons (Fsp3) is 0.200. The Morgan fingerprint density at radius 2 is 2.00 bits per heavy atom. The van der Waals surface area contributed by atoms with Crippen molar-refractivity contribution in [1.82, 2.24) is 10.3 Å². The highest BCUT2D eigenvalue weighted by molar-refractivity contribution is 6.32. The monoisotopic (exact) mass is 368 g/mol. The first-order valence-corrected chi connectivity index (χ1v) is 8.80. The van der Waals surface area contributed by atoms with Gasteiger partial charge in [-0.1, -0.05) is 29.8 Å². The molecule has 2 heterocycles. The Morgan fingerprint density at radius 3 is 2.92 bits per heavy atom. The maximum Gasteiger partial charge on any atom is 0.253 e. The van der Waals surface area contributed by atoms with Crippen LogP contribution in [0.4, 0.5) is 0 Å². The number of benzene rings is 2. The van der Waals surface area contributed by atoms with E-state index in [0.29, 0.717) is 47.4 Å². The minimum Gasteiger partial charge on any atom is -0.489 e. The third kappa shape index (κ3) is 3.30. The van der Waals surface area contributed by atoms with Gasteiger partial charge in [-0.3, -0.25) is 9.78 Å². The van der Waals surface area contributed by atoms with Crippen molar-refractivity contribution in [3.8, 4) is 11.5 Å². The average Bonchev–Trinajstić information content (AvgIpc) is 2.91. The Bertz CT molecular complexity index is 969. The Balaban J connectivity index is 1.54. The fourth-order valence-corrected chi connectivity index (χ4v) is 3.24. The molecule has 0 atom stereocenters. The highest BCUT2D eigenvalue weighted by Crippen LogP contribution is 2.38. The molecule has 0 saturated carbocycles. The number of pyridine rings is 1. The Hall–Kier alpha value is -2.79. The molecule has 4 rings (SSSR count). The summed E-state index contributed by atoms with van der Waals surface area (Å²) in [5.74, 6) is 1.00. The predicted octanol–water partition coefficient (Wildman–Crippen LogP) is 3.98. The third-order valence-corrected chi connectivity index (χ3v) is 4.47. The maximum atomic E-state index is 12.6. The van der Waals surface area contributed by atoms with Crippen molar-refractivity contribution in [3.63, 3.8) is 0 Å². The van der Waals surface area contributed by atoms with Gasteiger partial charge in [-0.25, -0.2) is 0 Å². The Kier molecular flexibility index (Phi) is 4.63. The van der Waals surface area contributed by atoms with E-state index >= 15 is 0 Å². The molecule has 1 aromatic heterocycles. The van der Waals surface area contributed by atoms with Crippen molar-refractivity contribution in [2.75, 3.05) is 13.2 Å². The van der Waals surface area contributed by atoms with E-state index in [1.54, 1.807) is 18.3 Å². The zero-order chi connectivity index (χ0) is 17.9. The molecule has 0 saturated heterocycles. The molecule has 132 valence electrons. The molecular formula is C20H17ClN2O3. The molecule has 3 aromatic rings. The molecule has 1 N–H and O–H groups in total. The molecule has 0 bridgehead atoms. The van der Waals surface area contributed by atoms with Gasteiger partial charge in [-0.15, -0.1) is 0 Å². The number of nitrogens with one attached hydrogen (secondary N) is 1. The van der Waals surface area contributed by atoms with Gasteiger partial charge in [0.05, 0.1) is 29.3 Å². The molecule has 26 heavy (non-hydrogen) atoms. The summed E-state index contributed by atoms with van der Waals surface area (Å²) in [6.45, 7) is 1.50. The first-order chi connectivity index (χ1) is 12.7. The molecular weight excluding hydrogens is 352 g/mol. The fourth-order valence-electron chi connectivity index (χ4n) is 2.95. The first-order valence-electron chi connectivity index (χ1n) is 8.42. The number of halogens is 1. The largest absolute Gasteiger partial charge is 0.489 e. The van der Waals surface area contributed by atoms with Crippen molar-refractivity contribution >= 4 is 28.4 Å².